The zero-order chi connectivity index (χ0) is 32.2. The van der Waals surface area contributed by atoms with E-state index in [0.29, 0.717) is 7.91 Å². The van der Waals surface area contributed by atoms with Gasteiger partial charge in [-0.3, -0.25) is 20.7 Å². The summed E-state index contributed by atoms with van der Waals surface area (Å²) >= 11 is 16.6. The highest BCUT2D eigenvalue weighted by Crippen LogP contribution is 2.39. The lowest BCUT2D eigenvalue weighted by molar-refractivity contribution is -0.176. The lowest BCUT2D eigenvalue weighted by Crippen LogP contribution is -1.80. The number of aromatic amines is 2. The van der Waals surface area contributed by atoms with Crippen molar-refractivity contribution in [2.24, 2.45) is 0 Å². The van der Waals surface area contributed by atoms with Crippen LogP contribution in [0, 0.1) is 7.91 Å². The molecule has 0 atom stereocenters. The molecule has 0 aliphatic rings. The summed E-state index contributed by atoms with van der Waals surface area (Å²) in [7, 11) is 7.47. The lowest BCUT2D eigenvalue weighted by atomic mass is 10.1. The van der Waals surface area contributed by atoms with E-state index in [1.54, 1.807) is 32.9 Å². The maximum atomic E-state index is 6.00. The fourth-order valence-electron chi connectivity index (χ4n) is 3.46. The highest BCUT2D eigenvalue weighted by molar-refractivity contribution is 8.77. The minimum absolute atomic E-state index is 0.699. The van der Waals surface area contributed by atoms with Gasteiger partial charge in [-0.2, -0.15) is 12.6 Å². The van der Waals surface area contributed by atoms with Crippen molar-refractivity contribution >= 4 is 103 Å². The van der Waals surface area contributed by atoms with Crippen LogP contribution in [0.1, 0.15) is 136 Å². The van der Waals surface area contributed by atoms with Crippen molar-refractivity contribution in [1.82, 2.24) is 20.4 Å². The van der Waals surface area contributed by atoms with Crippen LogP contribution >= 0.6 is 103 Å². The minimum Gasteiger partial charge on any atom is -0.281 e. The Kier molecular flexibility index (Phi) is 42.5. The summed E-state index contributed by atoms with van der Waals surface area (Å²) in [6.07, 6.45) is 24.7. The Morgan fingerprint density at radius 3 is 1.26 bits per heavy atom. The molecular weight excluding hydrogens is 713 g/mol. The molecule has 0 aliphatic heterocycles. The predicted octanol–water partition coefficient (Wildman–Crippen LogP) is 13.9. The number of hydrogen-bond acceptors (Lipinski definition) is 13. The van der Waals surface area contributed by atoms with Gasteiger partial charge in [-0.05, 0) is 71.0 Å². The maximum absolute atomic E-state index is 6.00. The van der Waals surface area contributed by atoms with Gasteiger partial charge in [0, 0.05) is 11.5 Å². The van der Waals surface area contributed by atoms with E-state index >= 15 is 0 Å². The summed E-state index contributed by atoms with van der Waals surface area (Å²) in [4.78, 5) is 0. The third-order valence-electron chi connectivity index (χ3n) is 5.77. The minimum atomic E-state index is 0.699. The van der Waals surface area contributed by atoms with Gasteiger partial charge in [-0.15, -0.1) is 10.2 Å². The molecule has 0 fully saturated rings. The number of rotatable bonds is 24. The average Bonchev–Trinajstić information content (AvgIpc) is 3.64. The molecule has 43 heavy (non-hydrogen) atoms. The third kappa shape index (κ3) is 35.9. The van der Waals surface area contributed by atoms with Crippen LogP contribution in [0.15, 0.2) is 8.68 Å². The molecule has 0 amide bonds. The molecule has 0 saturated heterocycles. The van der Waals surface area contributed by atoms with Crippen molar-refractivity contribution in [1.29, 1.82) is 0 Å². The summed E-state index contributed by atoms with van der Waals surface area (Å²) in [5, 5.41) is 25.9. The average molecular weight is 769 g/mol. The number of hydrogen-bond donors (Lipinski definition) is 5. The topological polar surface area (TPSA) is 97.8 Å². The molecule has 0 aromatic carbocycles. The molecule has 2 aromatic rings. The van der Waals surface area contributed by atoms with E-state index in [-0.39, 0.29) is 0 Å². The number of aromatic nitrogens is 4. The van der Waals surface area contributed by atoms with Gasteiger partial charge < -0.3 is 0 Å². The van der Waals surface area contributed by atoms with Gasteiger partial charge in [0.05, 0.1) is 0 Å². The number of nitrogens with one attached hydrogen (secondary N) is 2. The van der Waals surface area contributed by atoms with E-state index in [1.807, 2.05) is 21.6 Å². The van der Waals surface area contributed by atoms with Crippen molar-refractivity contribution in [3.8, 4) is 0 Å². The van der Waals surface area contributed by atoms with Crippen LogP contribution in [0.4, 0.5) is 0 Å². The zero-order valence-electron chi connectivity index (χ0n) is 26.4. The Hall–Kier alpha value is 1.23. The Morgan fingerprint density at radius 1 is 0.581 bits per heavy atom. The summed E-state index contributed by atoms with van der Waals surface area (Å²) < 4.78 is 3.62. The molecule has 0 bridgehead atoms. The van der Waals surface area contributed by atoms with Crippen LogP contribution < -0.4 is 0 Å². The Morgan fingerprint density at radius 2 is 0.930 bits per heavy atom. The Bertz CT molecular complexity index is 829. The van der Waals surface area contributed by atoms with Crippen molar-refractivity contribution < 1.29 is 10.5 Å². The molecule has 0 radical (unpaired) electrons. The quantitative estimate of drug-likeness (QED) is 0.0177. The smallest absolute Gasteiger partial charge is 0.185 e. The molecule has 4 N–H and O–H groups in total. The molecule has 0 saturated carbocycles. The van der Waals surface area contributed by atoms with Crippen LogP contribution in [0.2, 0.25) is 0 Å². The van der Waals surface area contributed by atoms with Gasteiger partial charge in [0.1, 0.15) is 0 Å². The van der Waals surface area contributed by atoms with Gasteiger partial charge in [0.25, 0.3) is 0 Å². The van der Waals surface area contributed by atoms with Crippen LogP contribution in [0.3, 0.4) is 0 Å². The van der Waals surface area contributed by atoms with Gasteiger partial charge in [0.15, 0.2) is 16.6 Å². The van der Waals surface area contributed by atoms with Gasteiger partial charge in [-0.25, -0.2) is 0 Å². The van der Waals surface area contributed by atoms with Gasteiger partial charge >= 0.3 is 0 Å². The van der Waals surface area contributed by atoms with E-state index < -0.39 is 0 Å². The monoisotopic (exact) mass is 768 g/mol. The normalized spacial score (nSPS) is 10.3. The van der Waals surface area contributed by atoms with Crippen molar-refractivity contribution in [3.05, 3.63) is 7.91 Å². The molecule has 15 heteroatoms. The number of nitrogens with zero attached hydrogens (tertiary/aromatic N) is 2. The summed E-state index contributed by atoms with van der Waals surface area (Å²) in [5.41, 5.74) is 0. The number of H-pyrrole nitrogens is 2. The van der Waals surface area contributed by atoms with E-state index in [4.69, 9.17) is 35.0 Å². The first-order valence-electron chi connectivity index (χ1n) is 15.6. The summed E-state index contributed by atoms with van der Waals surface area (Å²) in [6, 6.07) is 0. The lowest BCUT2D eigenvalue weighted by Gasteiger charge is -1.99. The van der Waals surface area contributed by atoms with Crippen LogP contribution in [-0.2, 0) is 0 Å². The van der Waals surface area contributed by atoms with Crippen molar-refractivity contribution in [2.45, 2.75) is 145 Å². The zero-order valence-corrected chi connectivity index (χ0v) is 33.8. The molecule has 0 unspecified atom stereocenters. The molecule has 0 aliphatic carbocycles. The van der Waals surface area contributed by atoms with E-state index in [9.17, 15) is 0 Å². The first kappa shape index (κ1) is 46.3. The maximum Gasteiger partial charge on any atom is 0.185 e. The summed E-state index contributed by atoms with van der Waals surface area (Å²) in [5.74, 6) is 3.52. The second-order valence-corrected chi connectivity index (χ2v) is 18.7. The SMILES string of the molecule is CCCCCCCCS.CCCCCCCCSSc1nnc(SSCCCCCCCC)s1.OO.S=c1[nH][nH]c(=S)s1. The molecule has 254 valence electrons. The Balaban J connectivity index is 0. The second kappa shape index (κ2) is 39.4. The molecular formula is C28H56N4O2S9. The fourth-order valence-corrected chi connectivity index (χ4v) is 10.7. The number of thiol groups is 1. The standard InChI is InChI=1S/C18H34N2S5.C8H18S.C2H2N2S3.H2O2/c1-3-5-7-9-11-13-15-21-24-17-19-20-18(23-17)25-22-16-14-12-10-8-6-4-2;1-2-3-4-5-6-7-8-9;5-1-3-4-2(6)7-1;1-2/h3-16H2,1-2H3;9H,2-8H2,1H3;(H,3,5)(H,4,6);1-2H. The van der Waals surface area contributed by atoms with Crippen LogP contribution in [0.5, 0.6) is 0 Å². The molecule has 0 spiro atoms. The second-order valence-electron chi connectivity index (χ2n) is 9.60. The summed E-state index contributed by atoms with van der Waals surface area (Å²) in [6.45, 7) is 6.79. The van der Waals surface area contributed by atoms with Gasteiger partial charge in [0.2, 0.25) is 0 Å². The number of unbranched alkanes of at least 4 members (excludes halogenated alkanes) is 15. The van der Waals surface area contributed by atoms with Gasteiger partial charge in [-0.1, -0.05) is 161 Å². The first-order valence-corrected chi connectivity index (χ1v) is 23.3. The highest BCUT2D eigenvalue weighted by atomic mass is 33.1. The Labute approximate surface area is 301 Å². The molecule has 2 aromatic heterocycles. The first-order chi connectivity index (χ1) is 21.1. The van der Waals surface area contributed by atoms with Crippen LogP contribution in [-0.4, -0.2) is 48.2 Å². The predicted molar refractivity (Wildman–Crippen MR) is 210 cm³/mol. The van der Waals surface area contributed by atoms with E-state index in [1.165, 1.54) is 138 Å². The van der Waals surface area contributed by atoms with Crippen LogP contribution in [0.25, 0.3) is 0 Å². The molecule has 6 nitrogen and oxygen atoms in total. The van der Waals surface area contributed by atoms with Crippen molar-refractivity contribution in [3.63, 3.8) is 0 Å². The van der Waals surface area contributed by atoms with Crippen molar-refractivity contribution in [2.75, 3.05) is 17.3 Å². The van der Waals surface area contributed by atoms with E-state index in [0.717, 1.165) is 14.4 Å². The van der Waals surface area contributed by atoms with E-state index in [2.05, 4.69) is 53.8 Å². The largest absolute Gasteiger partial charge is 0.281 e. The molecule has 2 rings (SSSR count). The molecule has 2 heterocycles. The highest BCUT2D eigenvalue weighted by Gasteiger charge is 2.06. The fraction of sp³-hybridized carbons (Fsp3) is 0.857. The third-order valence-corrected chi connectivity index (χ3v) is 13.8.